The molecule has 1 amide bonds. The molecule has 3 rings (SSSR count). The summed E-state index contributed by atoms with van der Waals surface area (Å²) in [7, 11) is 1.74. The molecule has 1 aromatic rings. The molecule has 0 aliphatic carbocycles. The second-order valence-corrected chi connectivity index (χ2v) is 7.94. The van der Waals surface area contributed by atoms with Crippen LogP contribution in [0.1, 0.15) is 37.7 Å². The van der Waals surface area contributed by atoms with Crippen LogP contribution in [0.5, 0.6) is 0 Å². The number of piperazine rings is 1. The van der Waals surface area contributed by atoms with Crippen molar-refractivity contribution in [3.63, 3.8) is 0 Å². The average Bonchev–Trinajstić information content (AvgIpc) is 2.71. The molecule has 2 heterocycles. The van der Waals surface area contributed by atoms with Crippen molar-refractivity contribution in [2.24, 2.45) is 0 Å². The summed E-state index contributed by atoms with van der Waals surface area (Å²) in [5, 5.41) is 0. The molecule has 2 aliphatic heterocycles. The third kappa shape index (κ3) is 5.69. The van der Waals surface area contributed by atoms with Crippen LogP contribution in [0.4, 0.5) is 5.69 Å². The number of piperidine rings is 1. The van der Waals surface area contributed by atoms with Crippen molar-refractivity contribution in [3.05, 3.63) is 29.8 Å². The van der Waals surface area contributed by atoms with E-state index in [1.807, 2.05) is 0 Å². The highest BCUT2D eigenvalue weighted by molar-refractivity contribution is 5.76. The van der Waals surface area contributed by atoms with E-state index < -0.39 is 0 Å². The summed E-state index contributed by atoms with van der Waals surface area (Å²) in [6, 6.07) is 9.11. The Hall–Kier alpha value is -1.59. The Morgan fingerprint density at radius 1 is 1.15 bits per heavy atom. The van der Waals surface area contributed by atoms with Crippen LogP contribution < -0.4 is 4.90 Å². The Balaban J connectivity index is 1.43. The molecule has 0 N–H and O–H groups in total. The van der Waals surface area contributed by atoms with E-state index in [4.69, 9.17) is 4.74 Å². The minimum Gasteiger partial charge on any atom is -0.385 e. The minimum absolute atomic E-state index is 0.330. The lowest BCUT2D eigenvalue weighted by Gasteiger charge is -2.38. The summed E-state index contributed by atoms with van der Waals surface area (Å²) >= 11 is 0. The fourth-order valence-electron chi connectivity index (χ4n) is 4.33. The molecule has 1 unspecified atom stereocenters. The van der Waals surface area contributed by atoms with E-state index in [0.29, 0.717) is 18.4 Å². The number of rotatable bonds is 7. The van der Waals surface area contributed by atoms with Crippen molar-refractivity contribution in [1.29, 1.82) is 0 Å². The number of likely N-dealkylation sites (tertiary alicyclic amines) is 1. The quantitative estimate of drug-likeness (QED) is 0.736. The van der Waals surface area contributed by atoms with E-state index >= 15 is 0 Å². The van der Waals surface area contributed by atoms with Crippen LogP contribution in [0.15, 0.2) is 24.3 Å². The molecule has 150 valence electrons. The third-order valence-corrected chi connectivity index (χ3v) is 5.98. The van der Waals surface area contributed by atoms with E-state index in [2.05, 4.69) is 45.9 Å². The molecule has 5 heteroatoms. The highest BCUT2D eigenvalue weighted by atomic mass is 16.5. The zero-order chi connectivity index (χ0) is 19.1. The maximum absolute atomic E-state index is 12.8. The lowest BCUT2D eigenvalue weighted by Crippen LogP contribution is -2.48. The Bertz CT molecular complexity index is 599. The lowest BCUT2D eigenvalue weighted by molar-refractivity contribution is -0.135. The predicted octanol–water partition coefficient (Wildman–Crippen LogP) is 2.92. The van der Waals surface area contributed by atoms with Crippen LogP contribution in [-0.2, 0) is 9.53 Å². The van der Waals surface area contributed by atoms with Crippen molar-refractivity contribution < 1.29 is 9.53 Å². The molecule has 2 aliphatic rings. The van der Waals surface area contributed by atoms with Crippen LogP contribution in [0.25, 0.3) is 0 Å². The maximum Gasteiger partial charge on any atom is 0.224 e. The first-order valence-electron chi connectivity index (χ1n) is 10.5. The largest absolute Gasteiger partial charge is 0.385 e. The summed E-state index contributed by atoms with van der Waals surface area (Å²) in [5.41, 5.74) is 2.63. The van der Waals surface area contributed by atoms with Crippen molar-refractivity contribution in [2.45, 2.75) is 45.1 Å². The molecule has 27 heavy (non-hydrogen) atoms. The van der Waals surface area contributed by atoms with E-state index in [1.165, 1.54) is 17.7 Å². The summed E-state index contributed by atoms with van der Waals surface area (Å²) in [4.78, 5) is 19.8. The highest BCUT2D eigenvalue weighted by Gasteiger charge is 2.27. The van der Waals surface area contributed by atoms with Crippen LogP contribution in [0, 0.1) is 6.92 Å². The first-order chi connectivity index (χ1) is 13.2. The van der Waals surface area contributed by atoms with E-state index in [9.17, 15) is 4.79 Å². The molecule has 0 spiro atoms. The number of hydrogen-bond donors (Lipinski definition) is 0. The van der Waals surface area contributed by atoms with Gasteiger partial charge in [-0.3, -0.25) is 9.69 Å². The third-order valence-electron chi connectivity index (χ3n) is 5.98. The van der Waals surface area contributed by atoms with E-state index in [0.717, 1.165) is 65.1 Å². The monoisotopic (exact) mass is 373 g/mol. The van der Waals surface area contributed by atoms with Gasteiger partial charge in [0.15, 0.2) is 0 Å². The van der Waals surface area contributed by atoms with Gasteiger partial charge in [-0.15, -0.1) is 0 Å². The van der Waals surface area contributed by atoms with Gasteiger partial charge in [-0.1, -0.05) is 12.1 Å². The van der Waals surface area contributed by atoms with Gasteiger partial charge in [0.2, 0.25) is 5.91 Å². The lowest BCUT2D eigenvalue weighted by atomic mass is 9.99. The summed E-state index contributed by atoms with van der Waals surface area (Å²) in [6.07, 6.45) is 5.12. The minimum atomic E-state index is 0.330. The molecule has 1 aromatic carbocycles. The van der Waals surface area contributed by atoms with Gasteiger partial charge in [0.05, 0.1) is 0 Å². The average molecular weight is 374 g/mol. The Labute approximate surface area is 164 Å². The van der Waals surface area contributed by atoms with Gasteiger partial charge in [-0.2, -0.15) is 0 Å². The number of amides is 1. The molecule has 2 fully saturated rings. The highest BCUT2D eigenvalue weighted by Crippen LogP contribution is 2.21. The first kappa shape index (κ1) is 20.2. The Morgan fingerprint density at radius 3 is 2.70 bits per heavy atom. The maximum atomic E-state index is 12.8. The van der Waals surface area contributed by atoms with Gasteiger partial charge in [0.1, 0.15) is 0 Å². The number of methoxy groups -OCH3 is 1. The number of carbonyl (C=O) groups is 1. The second kappa shape index (κ2) is 10.1. The van der Waals surface area contributed by atoms with Gasteiger partial charge in [-0.25, -0.2) is 0 Å². The van der Waals surface area contributed by atoms with Crippen LogP contribution >= 0.6 is 0 Å². The number of nitrogens with zero attached hydrogens (tertiary/aromatic N) is 3. The van der Waals surface area contributed by atoms with E-state index in [-0.39, 0.29) is 0 Å². The van der Waals surface area contributed by atoms with Crippen LogP contribution in [0.3, 0.4) is 0 Å². The number of benzene rings is 1. The number of carbonyl (C=O) groups excluding carboxylic acids is 1. The first-order valence-corrected chi connectivity index (χ1v) is 10.5. The van der Waals surface area contributed by atoms with Crippen LogP contribution in [-0.4, -0.2) is 74.7 Å². The summed E-state index contributed by atoms with van der Waals surface area (Å²) in [6.45, 7) is 8.85. The fraction of sp³-hybridized carbons (Fsp3) is 0.682. The predicted molar refractivity (Wildman–Crippen MR) is 110 cm³/mol. The van der Waals surface area contributed by atoms with Gasteiger partial charge in [0, 0.05) is 71.1 Å². The SMILES string of the molecule is COCCC1CCCCN1C(=O)CCN1CCN(c2cccc(C)c2)CC1. The van der Waals surface area contributed by atoms with Crippen molar-refractivity contribution in [1.82, 2.24) is 9.80 Å². The molecule has 0 bridgehead atoms. The molecular formula is C22H35N3O2. The van der Waals surface area contributed by atoms with Crippen molar-refractivity contribution >= 4 is 11.6 Å². The van der Waals surface area contributed by atoms with Crippen molar-refractivity contribution in [2.75, 3.05) is 57.9 Å². The zero-order valence-corrected chi connectivity index (χ0v) is 17.0. The molecule has 0 aromatic heterocycles. The van der Waals surface area contributed by atoms with Gasteiger partial charge >= 0.3 is 0 Å². The molecule has 5 nitrogen and oxygen atoms in total. The molecular weight excluding hydrogens is 338 g/mol. The van der Waals surface area contributed by atoms with Gasteiger partial charge in [-0.05, 0) is 50.3 Å². The number of hydrogen-bond acceptors (Lipinski definition) is 4. The Kier molecular flexibility index (Phi) is 7.53. The summed E-state index contributed by atoms with van der Waals surface area (Å²) < 4.78 is 5.23. The Morgan fingerprint density at radius 2 is 1.96 bits per heavy atom. The smallest absolute Gasteiger partial charge is 0.224 e. The van der Waals surface area contributed by atoms with E-state index in [1.54, 1.807) is 7.11 Å². The van der Waals surface area contributed by atoms with Gasteiger partial charge < -0.3 is 14.5 Å². The van der Waals surface area contributed by atoms with Gasteiger partial charge in [0.25, 0.3) is 0 Å². The molecule has 0 saturated carbocycles. The normalized spacial score (nSPS) is 21.5. The summed E-state index contributed by atoms with van der Waals surface area (Å²) in [5.74, 6) is 0.330. The zero-order valence-electron chi connectivity index (χ0n) is 17.0. The van der Waals surface area contributed by atoms with Crippen LogP contribution in [0.2, 0.25) is 0 Å². The molecule has 2 saturated heterocycles. The molecule has 1 atom stereocenters. The number of ether oxygens (including phenoxy) is 1. The molecule has 0 radical (unpaired) electrons. The number of aryl methyl sites for hydroxylation is 1. The standard InChI is InChI=1S/C22H35N3O2/c1-19-6-5-8-21(18-19)24-15-13-23(14-16-24)12-9-22(26)25-11-4-3-7-20(25)10-17-27-2/h5-6,8,18,20H,3-4,7,9-17H2,1-2H3. The second-order valence-electron chi connectivity index (χ2n) is 7.94. The fourth-order valence-corrected chi connectivity index (χ4v) is 4.33. The van der Waals surface area contributed by atoms with Crippen molar-refractivity contribution in [3.8, 4) is 0 Å². The topological polar surface area (TPSA) is 36.0 Å². The number of anilines is 1.